The Bertz CT molecular complexity index is 276. The molecule has 0 saturated carbocycles. The van der Waals surface area contributed by atoms with E-state index in [0.29, 0.717) is 0 Å². The van der Waals surface area contributed by atoms with Crippen molar-refractivity contribution in [3.8, 4) is 5.88 Å². The molecule has 13 heavy (non-hydrogen) atoms. The van der Waals surface area contributed by atoms with Gasteiger partial charge in [0.05, 0.1) is 0 Å². The van der Waals surface area contributed by atoms with Gasteiger partial charge in [-0.3, -0.25) is 0 Å². The lowest BCUT2D eigenvalue weighted by Crippen LogP contribution is -2.04. The number of aromatic nitrogens is 1. The molecule has 0 aliphatic carbocycles. The van der Waals surface area contributed by atoms with Crippen LogP contribution in [-0.2, 0) is 0 Å². The van der Waals surface area contributed by atoms with E-state index in [-0.39, 0.29) is 11.8 Å². The number of rotatable bonds is 3. The minimum atomic E-state index is -2.81. The molecular formula is C9H11F2NO. The second kappa shape index (κ2) is 4.16. The molecule has 1 rings (SSSR count). The van der Waals surface area contributed by atoms with Crippen LogP contribution in [0.2, 0.25) is 0 Å². The number of hydrogen-bond acceptors (Lipinski definition) is 2. The topological polar surface area (TPSA) is 22.1 Å². The van der Waals surface area contributed by atoms with Gasteiger partial charge in [-0.25, -0.2) is 4.98 Å². The van der Waals surface area contributed by atoms with Crippen LogP contribution in [0.15, 0.2) is 18.2 Å². The van der Waals surface area contributed by atoms with E-state index < -0.39 is 6.61 Å². The largest absolute Gasteiger partial charge is 0.417 e. The van der Waals surface area contributed by atoms with Gasteiger partial charge in [0.2, 0.25) is 5.88 Å². The average Bonchev–Trinajstić information content (AvgIpc) is 2.03. The van der Waals surface area contributed by atoms with Crippen molar-refractivity contribution in [1.29, 1.82) is 0 Å². The van der Waals surface area contributed by atoms with Crippen LogP contribution >= 0.6 is 0 Å². The molecule has 2 nitrogen and oxygen atoms in total. The van der Waals surface area contributed by atoms with E-state index in [1.807, 2.05) is 13.8 Å². The Labute approximate surface area is 75.6 Å². The summed E-state index contributed by atoms with van der Waals surface area (Å²) in [5.41, 5.74) is 0.748. The second-order valence-electron chi connectivity index (χ2n) is 2.93. The summed E-state index contributed by atoms with van der Waals surface area (Å²) in [6, 6.07) is 4.85. The van der Waals surface area contributed by atoms with E-state index in [0.717, 1.165) is 5.69 Å². The molecule has 0 spiro atoms. The van der Waals surface area contributed by atoms with Crippen molar-refractivity contribution in [2.24, 2.45) is 0 Å². The first-order chi connectivity index (χ1) is 6.09. The highest BCUT2D eigenvalue weighted by Gasteiger charge is 2.07. The van der Waals surface area contributed by atoms with Crippen LogP contribution in [0.25, 0.3) is 0 Å². The standard InChI is InChI=1S/C9H11F2NO/c1-6(2)7-4-3-5-8(12-7)13-9(10)11/h3-6,9H,1-2H3. The Morgan fingerprint density at radius 2 is 2.00 bits per heavy atom. The molecular weight excluding hydrogens is 176 g/mol. The molecule has 0 aromatic carbocycles. The van der Waals surface area contributed by atoms with E-state index in [1.165, 1.54) is 6.07 Å². The third-order valence-corrected chi connectivity index (χ3v) is 1.55. The van der Waals surface area contributed by atoms with Crippen molar-refractivity contribution in [3.05, 3.63) is 23.9 Å². The Morgan fingerprint density at radius 1 is 1.31 bits per heavy atom. The summed E-state index contributed by atoms with van der Waals surface area (Å²) in [6.07, 6.45) is 0. The Balaban J connectivity index is 2.79. The fourth-order valence-electron chi connectivity index (χ4n) is 0.909. The molecule has 0 atom stereocenters. The number of nitrogens with zero attached hydrogens (tertiary/aromatic N) is 1. The van der Waals surface area contributed by atoms with Crippen molar-refractivity contribution in [2.45, 2.75) is 26.4 Å². The lowest BCUT2D eigenvalue weighted by molar-refractivity contribution is -0.0529. The number of ether oxygens (including phenoxy) is 1. The molecule has 72 valence electrons. The first kappa shape index (κ1) is 9.89. The Hall–Kier alpha value is -1.19. The molecule has 0 fully saturated rings. The maximum atomic E-state index is 11.8. The lowest BCUT2D eigenvalue weighted by atomic mass is 10.1. The Kier molecular flexibility index (Phi) is 3.17. The van der Waals surface area contributed by atoms with Crippen LogP contribution in [0.3, 0.4) is 0 Å². The van der Waals surface area contributed by atoms with Crippen LogP contribution in [-0.4, -0.2) is 11.6 Å². The monoisotopic (exact) mass is 187 g/mol. The van der Waals surface area contributed by atoms with Gasteiger partial charge in [0.15, 0.2) is 0 Å². The molecule has 1 heterocycles. The van der Waals surface area contributed by atoms with Gasteiger partial charge >= 0.3 is 6.61 Å². The number of pyridine rings is 1. The molecule has 0 N–H and O–H groups in total. The summed E-state index contributed by atoms with van der Waals surface area (Å²) in [7, 11) is 0. The van der Waals surface area contributed by atoms with Gasteiger partial charge in [-0.15, -0.1) is 0 Å². The fourth-order valence-corrected chi connectivity index (χ4v) is 0.909. The van der Waals surface area contributed by atoms with Crippen molar-refractivity contribution in [3.63, 3.8) is 0 Å². The fraction of sp³-hybridized carbons (Fsp3) is 0.444. The summed E-state index contributed by atoms with van der Waals surface area (Å²) in [4.78, 5) is 3.91. The van der Waals surface area contributed by atoms with Crippen LogP contribution in [0, 0.1) is 0 Å². The molecule has 0 aliphatic rings. The summed E-state index contributed by atoms with van der Waals surface area (Å²) in [5.74, 6) is 0.183. The SMILES string of the molecule is CC(C)c1cccc(OC(F)F)n1. The van der Waals surface area contributed by atoms with Gasteiger partial charge in [0.1, 0.15) is 0 Å². The van der Waals surface area contributed by atoms with Gasteiger partial charge in [0.25, 0.3) is 0 Å². The van der Waals surface area contributed by atoms with Crippen LogP contribution in [0.5, 0.6) is 5.88 Å². The van der Waals surface area contributed by atoms with Crippen molar-refractivity contribution >= 4 is 0 Å². The van der Waals surface area contributed by atoms with E-state index in [2.05, 4.69) is 9.72 Å². The van der Waals surface area contributed by atoms with Gasteiger partial charge in [-0.2, -0.15) is 8.78 Å². The summed E-state index contributed by atoms with van der Waals surface area (Å²) >= 11 is 0. The summed E-state index contributed by atoms with van der Waals surface area (Å²) < 4.78 is 27.7. The van der Waals surface area contributed by atoms with Gasteiger partial charge in [0, 0.05) is 11.8 Å². The van der Waals surface area contributed by atoms with E-state index in [1.54, 1.807) is 12.1 Å². The predicted octanol–water partition coefficient (Wildman–Crippen LogP) is 2.81. The average molecular weight is 187 g/mol. The second-order valence-corrected chi connectivity index (χ2v) is 2.93. The number of alkyl halides is 2. The summed E-state index contributed by atoms with van der Waals surface area (Å²) in [5, 5.41) is 0. The smallest absolute Gasteiger partial charge is 0.388 e. The van der Waals surface area contributed by atoms with Crippen LogP contribution in [0.4, 0.5) is 8.78 Å². The lowest BCUT2D eigenvalue weighted by Gasteiger charge is -2.07. The van der Waals surface area contributed by atoms with Gasteiger partial charge < -0.3 is 4.74 Å². The minimum absolute atomic E-state index is 0.0267. The highest BCUT2D eigenvalue weighted by atomic mass is 19.3. The molecule has 0 saturated heterocycles. The zero-order chi connectivity index (χ0) is 9.84. The molecule has 0 amide bonds. The molecule has 0 radical (unpaired) electrons. The van der Waals surface area contributed by atoms with E-state index in [9.17, 15) is 8.78 Å². The van der Waals surface area contributed by atoms with Crippen molar-refractivity contribution in [1.82, 2.24) is 4.98 Å². The molecule has 0 unspecified atom stereocenters. The molecule has 4 heteroatoms. The third-order valence-electron chi connectivity index (χ3n) is 1.55. The molecule has 0 bridgehead atoms. The maximum absolute atomic E-state index is 11.8. The predicted molar refractivity (Wildman–Crippen MR) is 45.0 cm³/mol. The zero-order valence-electron chi connectivity index (χ0n) is 7.50. The number of halogens is 2. The van der Waals surface area contributed by atoms with Crippen LogP contribution in [0.1, 0.15) is 25.5 Å². The minimum Gasteiger partial charge on any atom is -0.417 e. The third kappa shape index (κ3) is 2.97. The van der Waals surface area contributed by atoms with E-state index >= 15 is 0 Å². The Morgan fingerprint density at radius 3 is 2.54 bits per heavy atom. The maximum Gasteiger partial charge on any atom is 0.388 e. The van der Waals surface area contributed by atoms with Crippen LogP contribution < -0.4 is 4.74 Å². The first-order valence-electron chi connectivity index (χ1n) is 4.01. The molecule has 1 aromatic heterocycles. The molecule has 0 aliphatic heterocycles. The van der Waals surface area contributed by atoms with Crippen molar-refractivity contribution < 1.29 is 13.5 Å². The number of hydrogen-bond donors (Lipinski definition) is 0. The van der Waals surface area contributed by atoms with Gasteiger partial charge in [-0.1, -0.05) is 19.9 Å². The first-order valence-corrected chi connectivity index (χ1v) is 4.01. The highest BCUT2D eigenvalue weighted by molar-refractivity contribution is 5.17. The van der Waals surface area contributed by atoms with E-state index in [4.69, 9.17) is 0 Å². The summed E-state index contributed by atoms with van der Waals surface area (Å²) in [6.45, 7) is 1.07. The molecule has 1 aromatic rings. The van der Waals surface area contributed by atoms with Gasteiger partial charge in [-0.05, 0) is 12.0 Å². The quantitative estimate of drug-likeness (QED) is 0.725. The zero-order valence-corrected chi connectivity index (χ0v) is 7.50. The highest BCUT2D eigenvalue weighted by Crippen LogP contribution is 2.16. The van der Waals surface area contributed by atoms with Crippen molar-refractivity contribution in [2.75, 3.05) is 0 Å². The normalized spacial score (nSPS) is 10.9.